The van der Waals surface area contributed by atoms with Crippen molar-refractivity contribution in [2.75, 3.05) is 7.11 Å². The fraction of sp³-hybridized carbons (Fsp3) is 0.0385. The van der Waals surface area contributed by atoms with Gasteiger partial charge in [0.25, 0.3) is 0 Å². The molecule has 0 aliphatic carbocycles. The summed E-state index contributed by atoms with van der Waals surface area (Å²) in [6.07, 6.45) is 4.45. The Morgan fingerprint density at radius 2 is 1.79 bits per heavy atom. The summed E-state index contributed by atoms with van der Waals surface area (Å²) in [6, 6.07) is 19.2. The van der Waals surface area contributed by atoms with Crippen LogP contribution in [0.15, 0.2) is 89.9 Å². The van der Waals surface area contributed by atoms with Crippen molar-refractivity contribution in [1.29, 1.82) is 0 Å². The van der Waals surface area contributed by atoms with Crippen LogP contribution in [0.25, 0.3) is 28.2 Å². The van der Waals surface area contributed by atoms with Crippen molar-refractivity contribution in [1.82, 2.24) is 14.7 Å². The summed E-state index contributed by atoms with van der Waals surface area (Å²) in [7, 11) is 1.52. The Bertz CT molecular complexity index is 1460. The third kappa shape index (κ3) is 3.47. The molecule has 3 heterocycles. The highest BCUT2D eigenvalue weighted by molar-refractivity contribution is 6.15. The van der Waals surface area contributed by atoms with E-state index < -0.39 is 17.4 Å². The molecule has 0 fully saturated rings. The summed E-state index contributed by atoms with van der Waals surface area (Å²) in [6.45, 7) is 0. The van der Waals surface area contributed by atoms with Gasteiger partial charge in [-0.1, -0.05) is 29.4 Å². The number of ketones is 1. The predicted octanol–water partition coefficient (Wildman–Crippen LogP) is 4.85. The summed E-state index contributed by atoms with van der Waals surface area (Å²) >= 11 is 0. The molecule has 2 N–H and O–H groups in total. The van der Waals surface area contributed by atoms with Crippen LogP contribution < -0.4 is 4.74 Å². The Labute approximate surface area is 194 Å². The number of pyridine rings is 1. The van der Waals surface area contributed by atoms with E-state index in [1.165, 1.54) is 24.1 Å². The van der Waals surface area contributed by atoms with Gasteiger partial charge < -0.3 is 19.5 Å². The first kappa shape index (κ1) is 21.0. The molecular formula is C26H19N3O5. The van der Waals surface area contributed by atoms with Crippen LogP contribution in [-0.2, 0) is 0 Å². The summed E-state index contributed by atoms with van der Waals surface area (Å²) in [5, 5.41) is 25.9. The maximum Gasteiger partial charge on any atom is 0.240 e. The monoisotopic (exact) mass is 453 g/mol. The summed E-state index contributed by atoms with van der Waals surface area (Å²) in [5.74, 6) is -1.02. The van der Waals surface area contributed by atoms with Crippen LogP contribution in [0.2, 0.25) is 0 Å². The molecule has 8 nitrogen and oxygen atoms in total. The molecule has 0 radical (unpaired) electrons. The molecule has 168 valence electrons. The minimum atomic E-state index is -0.532. The Morgan fingerprint density at radius 3 is 2.47 bits per heavy atom. The SMILES string of the molecule is COc1ccccc1-c1c(C(=O)c2cccnc2)c(O)c(O)n1-c1ccc(-c2ccon2)cc1. The van der Waals surface area contributed by atoms with Gasteiger partial charge in [-0.3, -0.25) is 14.3 Å². The number of ether oxygens (including phenoxy) is 1. The van der Waals surface area contributed by atoms with Crippen LogP contribution in [0.1, 0.15) is 15.9 Å². The maximum absolute atomic E-state index is 13.5. The van der Waals surface area contributed by atoms with Gasteiger partial charge in [-0.2, -0.15) is 0 Å². The number of carbonyl (C=O) groups excluding carboxylic acids is 1. The lowest BCUT2D eigenvalue weighted by Crippen LogP contribution is -2.06. The number of carbonyl (C=O) groups is 1. The zero-order valence-corrected chi connectivity index (χ0v) is 18.0. The first-order valence-electron chi connectivity index (χ1n) is 10.4. The van der Waals surface area contributed by atoms with E-state index >= 15 is 0 Å². The molecule has 0 spiro atoms. The summed E-state index contributed by atoms with van der Waals surface area (Å²) in [4.78, 5) is 17.5. The highest BCUT2D eigenvalue weighted by Crippen LogP contribution is 2.46. The lowest BCUT2D eigenvalue weighted by molar-refractivity contribution is 0.103. The third-order valence-corrected chi connectivity index (χ3v) is 5.49. The van der Waals surface area contributed by atoms with Crippen LogP contribution >= 0.6 is 0 Å². The Balaban J connectivity index is 1.76. The fourth-order valence-corrected chi connectivity index (χ4v) is 3.89. The second-order valence-corrected chi connectivity index (χ2v) is 7.43. The number of rotatable bonds is 6. The van der Waals surface area contributed by atoms with Crippen molar-refractivity contribution in [2.24, 2.45) is 0 Å². The van der Waals surface area contributed by atoms with Crippen LogP contribution in [0.5, 0.6) is 17.4 Å². The van der Waals surface area contributed by atoms with E-state index in [4.69, 9.17) is 9.26 Å². The quantitative estimate of drug-likeness (QED) is 0.354. The number of aromatic nitrogens is 3. The Morgan fingerprint density at radius 1 is 1.00 bits per heavy atom. The van der Waals surface area contributed by atoms with Gasteiger partial charge >= 0.3 is 0 Å². The lowest BCUT2D eigenvalue weighted by atomic mass is 9.99. The average molecular weight is 453 g/mol. The zero-order valence-electron chi connectivity index (χ0n) is 18.0. The van der Waals surface area contributed by atoms with Crippen molar-refractivity contribution in [3.63, 3.8) is 0 Å². The summed E-state index contributed by atoms with van der Waals surface area (Å²) in [5.41, 5.74) is 3.00. The van der Waals surface area contributed by atoms with Gasteiger partial charge in [-0.05, 0) is 36.4 Å². The molecule has 34 heavy (non-hydrogen) atoms. The van der Waals surface area contributed by atoms with Gasteiger partial charge in [0, 0.05) is 40.8 Å². The Kier molecular flexibility index (Phi) is 5.31. The molecule has 8 heteroatoms. The second-order valence-electron chi connectivity index (χ2n) is 7.43. The molecule has 0 saturated heterocycles. The molecule has 5 aromatic rings. The topological polar surface area (TPSA) is 111 Å². The van der Waals surface area contributed by atoms with Gasteiger partial charge in [0.1, 0.15) is 17.7 Å². The molecule has 2 aromatic carbocycles. The molecular weight excluding hydrogens is 434 g/mol. The molecule has 0 aliphatic heterocycles. The fourth-order valence-electron chi connectivity index (χ4n) is 3.89. The minimum absolute atomic E-state index is 0.0597. The van der Waals surface area contributed by atoms with E-state index in [0.717, 1.165) is 5.56 Å². The van der Waals surface area contributed by atoms with Gasteiger partial charge in [0.15, 0.2) is 5.75 Å². The maximum atomic E-state index is 13.5. The van der Waals surface area contributed by atoms with E-state index in [-0.39, 0.29) is 16.8 Å². The number of hydrogen-bond acceptors (Lipinski definition) is 7. The average Bonchev–Trinajstić information content (AvgIpc) is 3.51. The highest BCUT2D eigenvalue weighted by Gasteiger charge is 2.31. The van der Waals surface area contributed by atoms with Crippen molar-refractivity contribution >= 4 is 5.78 Å². The van der Waals surface area contributed by atoms with Crippen molar-refractivity contribution in [3.05, 3.63) is 96.5 Å². The number of para-hydroxylation sites is 1. The van der Waals surface area contributed by atoms with Gasteiger partial charge in [-0.15, -0.1) is 0 Å². The summed E-state index contributed by atoms with van der Waals surface area (Å²) < 4.78 is 11.9. The van der Waals surface area contributed by atoms with Crippen LogP contribution in [0.4, 0.5) is 0 Å². The highest BCUT2D eigenvalue weighted by atomic mass is 16.5. The molecule has 3 aromatic heterocycles. The van der Waals surface area contributed by atoms with E-state index in [9.17, 15) is 15.0 Å². The number of methoxy groups -OCH3 is 1. The van der Waals surface area contributed by atoms with E-state index in [1.807, 2.05) is 0 Å². The van der Waals surface area contributed by atoms with E-state index in [1.54, 1.807) is 72.9 Å². The molecule has 0 aliphatic rings. The number of hydrogen-bond donors (Lipinski definition) is 2. The standard InChI is InChI=1S/C26H19N3O5/c1-33-21-7-3-2-6-19(21)23-22(24(30)17-5-4-13-27-15-17)25(31)26(32)29(23)18-10-8-16(9-11-18)20-12-14-34-28-20/h2-15,31-32H,1H3. The lowest BCUT2D eigenvalue weighted by Gasteiger charge is -2.15. The first-order chi connectivity index (χ1) is 16.6. The number of aromatic hydroxyl groups is 2. The smallest absolute Gasteiger partial charge is 0.240 e. The van der Waals surface area contributed by atoms with E-state index in [2.05, 4.69) is 10.1 Å². The molecule has 5 rings (SSSR count). The Hall–Kier alpha value is -4.85. The molecule has 0 unspecified atom stereocenters. The van der Waals surface area contributed by atoms with Gasteiger partial charge in [-0.25, -0.2) is 0 Å². The van der Waals surface area contributed by atoms with Crippen LogP contribution in [0, 0.1) is 0 Å². The van der Waals surface area contributed by atoms with Crippen LogP contribution in [-0.4, -0.2) is 37.8 Å². The number of nitrogens with zero attached hydrogens (tertiary/aromatic N) is 3. The third-order valence-electron chi connectivity index (χ3n) is 5.49. The van der Waals surface area contributed by atoms with Gasteiger partial charge in [0.05, 0.1) is 18.4 Å². The largest absolute Gasteiger partial charge is 0.503 e. The second kappa shape index (κ2) is 8.59. The van der Waals surface area contributed by atoms with Gasteiger partial charge in [0.2, 0.25) is 11.7 Å². The predicted molar refractivity (Wildman–Crippen MR) is 124 cm³/mol. The van der Waals surface area contributed by atoms with Crippen molar-refractivity contribution < 1.29 is 24.3 Å². The number of benzene rings is 2. The minimum Gasteiger partial charge on any atom is -0.503 e. The normalized spacial score (nSPS) is 10.9. The van der Waals surface area contributed by atoms with Crippen molar-refractivity contribution in [3.8, 4) is 45.6 Å². The van der Waals surface area contributed by atoms with Crippen molar-refractivity contribution in [2.45, 2.75) is 0 Å². The zero-order chi connectivity index (χ0) is 23.7. The van der Waals surface area contributed by atoms with Crippen LogP contribution in [0.3, 0.4) is 0 Å². The molecule has 0 atom stereocenters. The molecule has 0 bridgehead atoms. The molecule has 0 amide bonds. The van der Waals surface area contributed by atoms with E-state index in [0.29, 0.717) is 22.7 Å². The molecule has 0 saturated carbocycles. The first-order valence-corrected chi connectivity index (χ1v) is 10.4.